The molecular formula is C13H9Cl2NO3. The molecule has 0 radical (unpaired) electrons. The van der Waals surface area contributed by atoms with Gasteiger partial charge >= 0.3 is 5.97 Å². The standard InChI is InChI=1S/C13H9Cl2NO3/c1-19-13(18)12-7(5-6-10(17)16-12)11-8(14)3-2-4-9(11)15/h2-6H,1H3,(H,16,17). The first-order valence-electron chi connectivity index (χ1n) is 5.30. The van der Waals surface area contributed by atoms with E-state index in [9.17, 15) is 9.59 Å². The summed E-state index contributed by atoms with van der Waals surface area (Å²) >= 11 is 12.2. The third-order valence-electron chi connectivity index (χ3n) is 2.54. The van der Waals surface area contributed by atoms with Crippen LogP contribution in [0, 0.1) is 0 Å². The summed E-state index contributed by atoms with van der Waals surface area (Å²) in [6.07, 6.45) is 0. The molecule has 0 fully saturated rings. The largest absolute Gasteiger partial charge is 0.464 e. The van der Waals surface area contributed by atoms with Crippen molar-refractivity contribution in [1.29, 1.82) is 0 Å². The van der Waals surface area contributed by atoms with Gasteiger partial charge in [0.1, 0.15) is 5.69 Å². The number of halogens is 2. The van der Waals surface area contributed by atoms with Crippen LogP contribution in [0.1, 0.15) is 10.5 Å². The number of pyridine rings is 1. The molecule has 0 aliphatic heterocycles. The van der Waals surface area contributed by atoms with Crippen LogP contribution in [0.4, 0.5) is 0 Å². The van der Waals surface area contributed by atoms with Crippen LogP contribution in [-0.2, 0) is 4.74 Å². The first-order chi connectivity index (χ1) is 9.04. The highest BCUT2D eigenvalue weighted by Crippen LogP contribution is 2.35. The second-order valence-electron chi connectivity index (χ2n) is 3.70. The predicted molar refractivity (Wildman–Crippen MR) is 73.9 cm³/mol. The summed E-state index contributed by atoms with van der Waals surface area (Å²) in [5.74, 6) is -0.663. The van der Waals surface area contributed by atoms with Crippen LogP contribution >= 0.6 is 23.2 Å². The van der Waals surface area contributed by atoms with Crippen molar-refractivity contribution in [3.05, 3.63) is 56.4 Å². The zero-order chi connectivity index (χ0) is 14.0. The molecule has 1 aromatic heterocycles. The third-order valence-corrected chi connectivity index (χ3v) is 3.17. The van der Waals surface area contributed by atoms with E-state index in [1.807, 2.05) is 0 Å². The zero-order valence-electron chi connectivity index (χ0n) is 9.87. The van der Waals surface area contributed by atoms with Gasteiger partial charge in [-0.3, -0.25) is 4.79 Å². The van der Waals surface area contributed by atoms with Crippen molar-refractivity contribution >= 4 is 29.2 Å². The van der Waals surface area contributed by atoms with Crippen molar-refractivity contribution < 1.29 is 9.53 Å². The van der Waals surface area contributed by atoms with Crippen molar-refractivity contribution in [1.82, 2.24) is 4.98 Å². The number of aromatic nitrogens is 1. The molecule has 0 aliphatic carbocycles. The van der Waals surface area contributed by atoms with E-state index in [0.717, 1.165) is 0 Å². The van der Waals surface area contributed by atoms with Crippen LogP contribution in [0.15, 0.2) is 35.1 Å². The first-order valence-corrected chi connectivity index (χ1v) is 6.06. The Morgan fingerprint density at radius 1 is 1.16 bits per heavy atom. The number of hydrogen-bond donors (Lipinski definition) is 1. The Balaban J connectivity index is 2.76. The highest BCUT2D eigenvalue weighted by molar-refractivity contribution is 6.39. The van der Waals surface area contributed by atoms with Gasteiger partial charge in [0, 0.05) is 27.2 Å². The fourth-order valence-electron chi connectivity index (χ4n) is 1.70. The van der Waals surface area contributed by atoms with Crippen molar-refractivity contribution in [2.75, 3.05) is 7.11 Å². The molecule has 0 amide bonds. The van der Waals surface area contributed by atoms with Gasteiger partial charge in [0.05, 0.1) is 7.11 Å². The minimum atomic E-state index is -0.663. The van der Waals surface area contributed by atoms with Crippen LogP contribution < -0.4 is 5.56 Å². The number of rotatable bonds is 2. The number of methoxy groups -OCH3 is 1. The van der Waals surface area contributed by atoms with Gasteiger partial charge in [-0.05, 0) is 18.2 Å². The maximum atomic E-state index is 11.7. The molecule has 2 rings (SSSR count). The van der Waals surface area contributed by atoms with Gasteiger partial charge in [-0.15, -0.1) is 0 Å². The van der Waals surface area contributed by atoms with Gasteiger partial charge in [-0.25, -0.2) is 4.79 Å². The van der Waals surface area contributed by atoms with Crippen LogP contribution in [0.3, 0.4) is 0 Å². The van der Waals surface area contributed by atoms with Gasteiger partial charge in [-0.2, -0.15) is 0 Å². The van der Waals surface area contributed by atoms with Gasteiger partial charge in [0.2, 0.25) is 5.56 Å². The fourth-order valence-corrected chi connectivity index (χ4v) is 2.30. The predicted octanol–water partition coefficient (Wildman–Crippen LogP) is 3.14. The van der Waals surface area contributed by atoms with Crippen molar-refractivity contribution in [3.8, 4) is 11.1 Å². The maximum absolute atomic E-state index is 11.7. The third kappa shape index (κ3) is 2.64. The Morgan fingerprint density at radius 3 is 2.37 bits per heavy atom. The number of carbonyl (C=O) groups is 1. The molecule has 0 aliphatic rings. The summed E-state index contributed by atoms with van der Waals surface area (Å²) in [7, 11) is 1.23. The van der Waals surface area contributed by atoms with E-state index in [4.69, 9.17) is 23.2 Å². The molecular weight excluding hydrogens is 289 g/mol. The van der Waals surface area contributed by atoms with E-state index in [1.54, 1.807) is 18.2 Å². The molecule has 19 heavy (non-hydrogen) atoms. The summed E-state index contributed by atoms with van der Waals surface area (Å²) in [4.78, 5) is 25.5. The lowest BCUT2D eigenvalue weighted by molar-refractivity contribution is 0.0594. The number of benzene rings is 1. The quantitative estimate of drug-likeness (QED) is 0.866. The Labute approximate surface area is 118 Å². The molecule has 98 valence electrons. The molecule has 4 nitrogen and oxygen atoms in total. The summed E-state index contributed by atoms with van der Waals surface area (Å²) in [5.41, 5.74) is 0.502. The van der Waals surface area contributed by atoms with Crippen LogP contribution in [0.25, 0.3) is 11.1 Å². The number of ether oxygens (including phenoxy) is 1. The molecule has 0 saturated carbocycles. The Kier molecular flexibility index (Phi) is 3.93. The van der Waals surface area contributed by atoms with E-state index < -0.39 is 11.5 Å². The lowest BCUT2D eigenvalue weighted by atomic mass is 10.0. The fraction of sp³-hybridized carbons (Fsp3) is 0.0769. The average Bonchev–Trinajstić information content (AvgIpc) is 2.39. The molecule has 0 atom stereocenters. The van der Waals surface area contributed by atoms with Crippen LogP contribution in [0.2, 0.25) is 10.0 Å². The Hall–Kier alpha value is -1.78. The number of hydrogen-bond acceptors (Lipinski definition) is 3. The number of nitrogens with one attached hydrogen (secondary N) is 1. The van der Waals surface area contributed by atoms with E-state index in [2.05, 4.69) is 9.72 Å². The Morgan fingerprint density at radius 2 is 1.79 bits per heavy atom. The number of carbonyl (C=O) groups excluding carboxylic acids is 1. The van der Waals surface area contributed by atoms with Crippen molar-refractivity contribution in [2.45, 2.75) is 0 Å². The lowest BCUT2D eigenvalue weighted by Gasteiger charge is -2.10. The molecule has 0 saturated heterocycles. The Bertz CT molecular complexity index is 674. The molecule has 6 heteroatoms. The minimum absolute atomic E-state index is 0.0185. The minimum Gasteiger partial charge on any atom is -0.464 e. The van der Waals surface area contributed by atoms with Gasteiger partial charge in [0.15, 0.2) is 0 Å². The van der Waals surface area contributed by atoms with Crippen LogP contribution in [-0.4, -0.2) is 18.1 Å². The summed E-state index contributed by atoms with van der Waals surface area (Å²) in [5, 5.41) is 0.759. The molecule has 1 N–H and O–H groups in total. The van der Waals surface area contributed by atoms with Crippen molar-refractivity contribution in [3.63, 3.8) is 0 Å². The smallest absolute Gasteiger partial charge is 0.355 e. The highest BCUT2D eigenvalue weighted by Gasteiger charge is 2.18. The second kappa shape index (κ2) is 5.47. The molecule has 1 aromatic carbocycles. The molecule has 0 bridgehead atoms. The number of esters is 1. The normalized spacial score (nSPS) is 10.3. The van der Waals surface area contributed by atoms with E-state index in [0.29, 0.717) is 21.2 Å². The molecule has 1 heterocycles. The molecule has 0 unspecified atom stereocenters. The van der Waals surface area contributed by atoms with Gasteiger partial charge < -0.3 is 9.72 Å². The second-order valence-corrected chi connectivity index (χ2v) is 4.51. The lowest BCUT2D eigenvalue weighted by Crippen LogP contribution is -2.14. The topological polar surface area (TPSA) is 59.2 Å². The highest BCUT2D eigenvalue weighted by atomic mass is 35.5. The zero-order valence-corrected chi connectivity index (χ0v) is 11.4. The summed E-state index contributed by atoms with van der Waals surface area (Å²) < 4.78 is 4.64. The maximum Gasteiger partial charge on any atom is 0.355 e. The van der Waals surface area contributed by atoms with Gasteiger partial charge in [0.25, 0.3) is 0 Å². The van der Waals surface area contributed by atoms with E-state index in [-0.39, 0.29) is 5.69 Å². The monoisotopic (exact) mass is 297 g/mol. The van der Waals surface area contributed by atoms with Gasteiger partial charge in [-0.1, -0.05) is 29.3 Å². The number of H-pyrrole nitrogens is 1. The molecule has 0 spiro atoms. The van der Waals surface area contributed by atoms with E-state index in [1.165, 1.54) is 19.2 Å². The SMILES string of the molecule is COC(=O)c1[nH]c(=O)ccc1-c1c(Cl)cccc1Cl. The van der Waals surface area contributed by atoms with E-state index >= 15 is 0 Å². The van der Waals surface area contributed by atoms with Crippen LogP contribution in [0.5, 0.6) is 0 Å². The number of aromatic amines is 1. The average molecular weight is 298 g/mol. The summed E-state index contributed by atoms with van der Waals surface area (Å²) in [6, 6.07) is 7.77. The molecule has 2 aromatic rings. The first kappa shape index (κ1) is 13.6. The van der Waals surface area contributed by atoms with Crippen molar-refractivity contribution in [2.24, 2.45) is 0 Å². The summed E-state index contributed by atoms with van der Waals surface area (Å²) in [6.45, 7) is 0.